The summed E-state index contributed by atoms with van der Waals surface area (Å²) in [5, 5.41) is 14.2. The molecule has 0 fully saturated rings. The van der Waals surface area contributed by atoms with Crippen LogP contribution in [-0.2, 0) is 5.41 Å². The zero-order chi connectivity index (χ0) is 37.1. The van der Waals surface area contributed by atoms with E-state index in [9.17, 15) is 5.26 Å². The molecule has 55 heavy (non-hydrogen) atoms. The van der Waals surface area contributed by atoms with Gasteiger partial charge in [-0.15, -0.1) is 0 Å². The zero-order valence-corrected chi connectivity index (χ0v) is 30.5. The lowest BCUT2D eigenvalue weighted by Crippen LogP contribution is -2.15. The van der Waals surface area contributed by atoms with Crippen LogP contribution in [0.2, 0.25) is 0 Å². The first kappa shape index (κ1) is 32.4. The standard InChI is InChI=1S/C51H34N4/c1-51(2)46-28-35(16-19-43(46)45-22-21-42-41-18-15-32(30-52)24-36(41)17-20-44(42)49(45)51)38-25-39(37-14-9-23-53-31-37)27-40(26-38)48-29-47(33-10-5-3-6-11-33)54-50(55-48)34-12-7-4-8-13-34/h3-29,31H,1-2H3. The second kappa shape index (κ2) is 12.7. The first-order valence-electron chi connectivity index (χ1n) is 18.6. The van der Waals surface area contributed by atoms with Crippen molar-refractivity contribution in [2.24, 2.45) is 0 Å². The predicted molar refractivity (Wildman–Crippen MR) is 224 cm³/mol. The van der Waals surface area contributed by atoms with Crippen molar-refractivity contribution in [3.8, 4) is 73.4 Å². The van der Waals surface area contributed by atoms with E-state index in [2.05, 4.69) is 128 Å². The van der Waals surface area contributed by atoms with E-state index in [0.717, 1.165) is 55.7 Å². The average Bonchev–Trinajstić information content (AvgIpc) is 3.49. The number of hydrogen-bond acceptors (Lipinski definition) is 4. The molecule has 0 aliphatic heterocycles. The van der Waals surface area contributed by atoms with Crippen LogP contribution < -0.4 is 0 Å². The maximum Gasteiger partial charge on any atom is 0.160 e. The van der Waals surface area contributed by atoms with Crippen molar-refractivity contribution in [1.29, 1.82) is 5.26 Å². The molecule has 258 valence electrons. The molecule has 0 saturated heterocycles. The molecule has 0 N–H and O–H groups in total. The molecule has 0 unspecified atom stereocenters. The molecular formula is C51H34N4. The summed E-state index contributed by atoms with van der Waals surface area (Å²) in [5.74, 6) is 0.688. The first-order valence-corrected chi connectivity index (χ1v) is 18.6. The number of hydrogen-bond donors (Lipinski definition) is 0. The summed E-state index contributed by atoms with van der Waals surface area (Å²) in [6, 6.07) is 57.6. The molecule has 10 rings (SSSR count). The highest BCUT2D eigenvalue weighted by Gasteiger charge is 2.37. The van der Waals surface area contributed by atoms with Crippen LogP contribution in [0.25, 0.3) is 88.8 Å². The largest absolute Gasteiger partial charge is 0.264 e. The van der Waals surface area contributed by atoms with Gasteiger partial charge in [0.2, 0.25) is 0 Å². The van der Waals surface area contributed by atoms with E-state index < -0.39 is 0 Å². The number of pyridine rings is 1. The Morgan fingerprint density at radius 1 is 0.491 bits per heavy atom. The Kier molecular flexibility index (Phi) is 7.50. The Bertz CT molecular complexity index is 2940. The Hall–Kier alpha value is -7.22. The zero-order valence-electron chi connectivity index (χ0n) is 30.5. The molecule has 0 bridgehead atoms. The molecule has 2 aromatic heterocycles. The number of rotatable bonds is 5. The fourth-order valence-electron chi connectivity index (χ4n) is 8.43. The average molecular weight is 703 g/mol. The van der Waals surface area contributed by atoms with Crippen molar-refractivity contribution in [2.45, 2.75) is 19.3 Å². The van der Waals surface area contributed by atoms with Gasteiger partial charge < -0.3 is 0 Å². The summed E-state index contributed by atoms with van der Waals surface area (Å²) in [6.07, 6.45) is 3.74. The van der Waals surface area contributed by atoms with Crippen LogP contribution in [0.1, 0.15) is 30.5 Å². The molecule has 9 aromatic rings. The summed E-state index contributed by atoms with van der Waals surface area (Å²) in [5.41, 5.74) is 14.7. The highest BCUT2D eigenvalue weighted by Crippen LogP contribution is 2.53. The van der Waals surface area contributed by atoms with Crippen LogP contribution in [0, 0.1) is 11.3 Å². The number of benzene rings is 7. The summed E-state index contributed by atoms with van der Waals surface area (Å²) in [4.78, 5) is 14.7. The van der Waals surface area contributed by atoms with Crippen molar-refractivity contribution < 1.29 is 0 Å². The van der Waals surface area contributed by atoms with Gasteiger partial charge in [0.25, 0.3) is 0 Å². The van der Waals surface area contributed by atoms with Gasteiger partial charge in [-0.05, 0) is 109 Å². The third-order valence-electron chi connectivity index (χ3n) is 11.1. The Morgan fingerprint density at radius 2 is 1.15 bits per heavy atom. The minimum Gasteiger partial charge on any atom is -0.264 e. The lowest BCUT2D eigenvalue weighted by molar-refractivity contribution is 0.666. The Morgan fingerprint density at radius 3 is 1.89 bits per heavy atom. The van der Waals surface area contributed by atoms with Crippen LogP contribution >= 0.6 is 0 Å². The second-order valence-corrected chi connectivity index (χ2v) is 14.8. The normalized spacial score (nSPS) is 12.7. The number of fused-ring (bicyclic) bond motifs is 7. The molecule has 0 radical (unpaired) electrons. The van der Waals surface area contributed by atoms with Crippen LogP contribution in [0.5, 0.6) is 0 Å². The van der Waals surface area contributed by atoms with Gasteiger partial charge in [0.1, 0.15) is 0 Å². The van der Waals surface area contributed by atoms with Gasteiger partial charge in [0.15, 0.2) is 5.82 Å². The van der Waals surface area contributed by atoms with Crippen LogP contribution in [0.3, 0.4) is 0 Å². The Balaban J connectivity index is 1.14. The molecule has 7 aromatic carbocycles. The minimum atomic E-state index is -0.244. The third-order valence-corrected chi connectivity index (χ3v) is 11.1. The molecule has 1 aliphatic rings. The van der Waals surface area contributed by atoms with E-state index in [1.54, 1.807) is 0 Å². The third kappa shape index (κ3) is 5.48. The van der Waals surface area contributed by atoms with Crippen molar-refractivity contribution in [3.05, 3.63) is 187 Å². The van der Waals surface area contributed by atoms with Crippen LogP contribution in [-0.4, -0.2) is 15.0 Å². The molecule has 4 nitrogen and oxygen atoms in total. The SMILES string of the molecule is CC1(C)c2cc(-c3cc(-c4cccnc4)cc(-c4cc(-c5ccccc5)nc(-c5ccccc5)n4)c3)ccc2-c2ccc3c(ccc4cc(C#N)ccc43)c21. The highest BCUT2D eigenvalue weighted by atomic mass is 14.9. The minimum absolute atomic E-state index is 0.244. The van der Waals surface area contributed by atoms with Gasteiger partial charge in [-0.3, -0.25) is 4.98 Å². The molecule has 2 heterocycles. The van der Waals surface area contributed by atoms with Crippen molar-refractivity contribution in [2.75, 3.05) is 0 Å². The quantitative estimate of drug-likeness (QED) is 0.168. The Labute approximate surface area is 320 Å². The smallest absolute Gasteiger partial charge is 0.160 e. The van der Waals surface area contributed by atoms with Crippen molar-refractivity contribution in [1.82, 2.24) is 15.0 Å². The van der Waals surface area contributed by atoms with Gasteiger partial charge in [0, 0.05) is 40.1 Å². The van der Waals surface area contributed by atoms with E-state index in [0.29, 0.717) is 11.4 Å². The first-order chi connectivity index (χ1) is 26.9. The second-order valence-electron chi connectivity index (χ2n) is 14.8. The lowest BCUT2D eigenvalue weighted by Gasteiger charge is -2.24. The molecule has 0 saturated carbocycles. The van der Waals surface area contributed by atoms with E-state index >= 15 is 0 Å². The van der Waals surface area contributed by atoms with Crippen LogP contribution in [0.15, 0.2) is 170 Å². The summed E-state index contributed by atoms with van der Waals surface area (Å²) >= 11 is 0. The monoisotopic (exact) mass is 702 g/mol. The molecule has 0 atom stereocenters. The van der Waals surface area contributed by atoms with E-state index in [4.69, 9.17) is 9.97 Å². The topological polar surface area (TPSA) is 62.5 Å². The fourth-order valence-corrected chi connectivity index (χ4v) is 8.43. The summed E-state index contributed by atoms with van der Waals surface area (Å²) < 4.78 is 0. The van der Waals surface area contributed by atoms with Gasteiger partial charge in [-0.25, -0.2) is 9.97 Å². The van der Waals surface area contributed by atoms with E-state index in [1.165, 1.54) is 38.4 Å². The fraction of sp³-hybridized carbons (Fsp3) is 0.0588. The number of nitrogens with zero attached hydrogens (tertiary/aromatic N) is 4. The van der Waals surface area contributed by atoms with Crippen molar-refractivity contribution in [3.63, 3.8) is 0 Å². The van der Waals surface area contributed by atoms with Gasteiger partial charge in [-0.1, -0.05) is 123 Å². The molecule has 4 heteroatoms. The van der Waals surface area contributed by atoms with Crippen LogP contribution in [0.4, 0.5) is 0 Å². The van der Waals surface area contributed by atoms with E-state index in [-0.39, 0.29) is 5.41 Å². The highest BCUT2D eigenvalue weighted by molar-refractivity contribution is 6.11. The summed E-state index contributed by atoms with van der Waals surface area (Å²) in [7, 11) is 0. The van der Waals surface area contributed by atoms with Gasteiger partial charge in [0.05, 0.1) is 23.0 Å². The predicted octanol–water partition coefficient (Wildman–Crippen LogP) is 12.7. The lowest BCUT2D eigenvalue weighted by atomic mass is 9.79. The van der Waals surface area contributed by atoms with Crippen molar-refractivity contribution >= 4 is 21.5 Å². The molecule has 1 aliphatic carbocycles. The maximum atomic E-state index is 9.51. The molecular weight excluding hydrogens is 669 g/mol. The molecule has 0 amide bonds. The maximum absolute atomic E-state index is 9.51. The molecule has 0 spiro atoms. The number of aromatic nitrogens is 3. The number of nitriles is 1. The summed E-state index contributed by atoms with van der Waals surface area (Å²) in [6.45, 7) is 4.69. The van der Waals surface area contributed by atoms with Gasteiger partial charge >= 0.3 is 0 Å². The van der Waals surface area contributed by atoms with E-state index in [1.807, 2.05) is 67.0 Å². The van der Waals surface area contributed by atoms with Gasteiger partial charge in [-0.2, -0.15) is 5.26 Å².